The van der Waals surface area contributed by atoms with Crippen LogP contribution in [0.4, 0.5) is 8.78 Å². The van der Waals surface area contributed by atoms with Crippen LogP contribution in [0, 0.1) is 24.0 Å². The van der Waals surface area contributed by atoms with Gasteiger partial charge < -0.3 is 0 Å². The predicted octanol–water partition coefficient (Wildman–Crippen LogP) is 3.29. The summed E-state index contributed by atoms with van der Waals surface area (Å²) in [6, 6.07) is 2.40. The zero-order valence-electron chi connectivity index (χ0n) is 8.11. The lowest BCUT2D eigenvalue weighted by Gasteiger charge is -2.04. The number of hydrogen-bond acceptors (Lipinski definition) is 0. The monoisotopic (exact) mass is 194 g/mol. The van der Waals surface area contributed by atoms with Crippen molar-refractivity contribution in [3.05, 3.63) is 34.9 Å². The summed E-state index contributed by atoms with van der Waals surface area (Å²) in [5.74, 6) is 1.14. The average Bonchev–Trinajstić information content (AvgIpc) is 2.16. The predicted molar refractivity (Wildman–Crippen MR) is 52.9 cm³/mol. The molecule has 0 amide bonds. The van der Waals surface area contributed by atoms with E-state index in [4.69, 9.17) is 6.42 Å². The van der Waals surface area contributed by atoms with E-state index < -0.39 is 11.6 Å². The van der Waals surface area contributed by atoms with Crippen molar-refractivity contribution < 1.29 is 8.78 Å². The summed E-state index contributed by atoms with van der Waals surface area (Å²) in [4.78, 5) is 0. The molecule has 2 heteroatoms. The van der Waals surface area contributed by atoms with E-state index in [9.17, 15) is 8.78 Å². The van der Waals surface area contributed by atoms with E-state index in [2.05, 4.69) is 5.92 Å². The second-order valence-electron chi connectivity index (χ2n) is 3.17. The Labute approximate surface area is 83.0 Å². The molecule has 0 bridgehead atoms. The third-order valence-electron chi connectivity index (χ3n) is 2.09. The van der Waals surface area contributed by atoms with Gasteiger partial charge in [-0.05, 0) is 25.0 Å². The Kier molecular flexibility index (Phi) is 3.64. The van der Waals surface area contributed by atoms with Gasteiger partial charge in [0.2, 0.25) is 0 Å². The maximum Gasteiger partial charge on any atom is 0.130 e. The third kappa shape index (κ3) is 2.32. The van der Waals surface area contributed by atoms with Gasteiger partial charge in [0.1, 0.15) is 11.6 Å². The fourth-order valence-corrected chi connectivity index (χ4v) is 1.28. The van der Waals surface area contributed by atoms with Crippen LogP contribution < -0.4 is 0 Å². The quantitative estimate of drug-likeness (QED) is 0.648. The molecule has 1 aromatic carbocycles. The first-order valence-corrected chi connectivity index (χ1v) is 4.63. The van der Waals surface area contributed by atoms with Crippen molar-refractivity contribution in [3.8, 4) is 12.3 Å². The molecule has 0 N–H and O–H groups in total. The molecule has 0 aromatic heterocycles. The molecule has 0 heterocycles. The van der Waals surface area contributed by atoms with Crippen molar-refractivity contribution >= 4 is 0 Å². The van der Waals surface area contributed by atoms with Crippen LogP contribution >= 0.6 is 0 Å². The van der Waals surface area contributed by atoms with E-state index in [-0.39, 0.29) is 11.1 Å². The fourth-order valence-electron chi connectivity index (χ4n) is 1.28. The molecule has 0 saturated carbocycles. The molecule has 0 saturated heterocycles. The Morgan fingerprint density at radius 2 is 1.86 bits per heavy atom. The van der Waals surface area contributed by atoms with Crippen molar-refractivity contribution in [2.24, 2.45) is 0 Å². The highest BCUT2D eigenvalue weighted by Crippen LogP contribution is 2.17. The lowest BCUT2D eigenvalue weighted by Crippen LogP contribution is -1.97. The van der Waals surface area contributed by atoms with Crippen LogP contribution in [-0.4, -0.2) is 0 Å². The number of halogens is 2. The van der Waals surface area contributed by atoms with Crippen LogP contribution in [-0.2, 0) is 6.42 Å². The molecule has 0 aliphatic carbocycles. The Morgan fingerprint density at radius 1 is 1.29 bits per heavy atom. The van der Waals surface area contributed by atoms with Crippen molar-refractivity contribution in [1.82, 2.24) is 0 Å². The Hall–Kier alpha value is -1.36. The number of unbranched alkanes of at least 4 members (excludes halogenated alkanes) is 1. The first-order valence-electron chi connectivity index (χ1n) is 4.63. The van der Waals surface area contributed by atoms with Crippen LogP contribution in [0.3, 0.4) is 0 Å². The highest BCUT2D eigenvalue weighted by atomic mass is 19.1. The minimum Gasteiger partial charge on any atom is -0.207 e. The molecule has 0 atom stereocenters. The smallest absolute Gasteiger partial charge is 0.130 e. The first kappa shape index (κ1) is 10.7. The molecule has 74 valence electrons. The van der Waals surface area contributed by atoms with E-state index in [0.29, 0.717) is 6.42 Å². The van der Waals surface area contributed by atoms with Crippen molar-refractivity contribution in [2.75, 3.05) is 0 Å². The molecular weight excluding hydrogens is 182 g/mol. The topological polar surface area (TPSA) is 0 Å². The highest BCUT2D eigenvalue weighted by molar-refractivity contribution is 5.36. The first-order chi connectivity index (χ1) is 6.69. The molecule has 0 aliphatic rings. The molecule has 0 radical (unpaired) electrons. The molecule has 0 aliphatic heterocycles. The summed E-state index contributed by atoms with van der Waals surface area (Å²) in [7, 11) is 0. The average molecular weight is 194 g/mol. The molecule has 0 spiro atoms. The Balaban J connectivity index is 3.01. The number of benzene rings is 1. The molecule has 14 heavy (non-hydrogen) atoms. The lowest BCUT2D eigenvalue weighted by atomic mass is 10.0. The second-order valence-corrected chi connectivity index (χ2v) is 3.17. The van der Waals surface area contributed by atoms with Gasteiger partial charge in [-0.3, -0.25) is 0 Å². The van der Waals surface area contributed by atoms with E-state index >= 15 is 0 Å². The summed E-state index contributed by atoms with van der Waals surface area (Å²) in [5, 5.41) is 0. The van der Waals surface area contributed by atoms with Gasteiger partial charge in [-0.2, -0.15) is 0 Å². The Bertz CT molecular complexity index is 338. The van der Waals surface area contributed by atoms with E-state index in [0.717, 1.165) is 12.8 Å². The molecular formula is C12H12F2. The standard InChI is InChI=1S/C12H12F2/c1-3-5-6-10-11(13)7-9(4-2)8-12(10)14/h2,7-8H,3,5-6H2,1H3. The molecule has 1 rings (SSSR count). The number of terminal acetylenes is 1. The van der Waals surface area contributed by atoms with Gasteiger partial charge in [0.05, 0.1) is 0 Å². The largest absolute Gasteiger partial charge is 0.207 e. The normalized spacial score (nSPS) is 9.86. The summed E-state index contributed by atoms with van der Waals surface area (Å²) >= 11 is 0. The van der Waals surface area contributed by atoms with Gasteiger partial charge in [0, 0.05) is 11.1 Å². The summed E-state index contributed by atoms with van der Waals surface area (Å²) < 4.78 is 26.6. The van der Waals surface area contributed by atoms with Crippen molar-refractivity contribution in [3.63, 3.8) is 0 Å². The van der Waals surface area contributed by atoms with Gasteiger partial charge in [0.15, 0.2) is 0 Å². The SMILES string of the molecule is C#Cc1cc(F)c(CCCC)c(F)c1. The van der Waals surface area contributed by atoms with Crippen LogP contribution in [0.15, 0.2) is 12.1 Å². The van der Waals surface area contributed by atoms with E-state index in [1.54, 1.807) is 0 Å². The van der Waals surface area contributed by atoms with Gasteiger partial charge in [0.25, 0.3) is 0 Å². The van der Waals surface area contributed by atoms with E-state index in [1.165, 1.54) is 12.1 Å². The van der Waals surface area contributed by atoms with Gasteiger partial charge >= 0.3 is 0 Å². The van der Waals surface area contributed by atoms with E-state index in [1.807, 2.05) is 6.92 Å². The highest BCUT2D eigenvalue weighted by Gasteiger charge is 2.09. The van der Waals surface area contributed by atoms with Crippen LogP contribution in [0.2, 0.25) is 0 Å². The minimum absolute atomic E-state index is 0.144. The van der Waals surface area contributed by atoms with Crippen molar-refractivity contribution in [2.45, 2.75) is 26.2 Å². The van der Waals surface area contributed by atoms with Crippen LogP contribution in [0.1, 0.15) is 30.9 Å². The zero-order valence-corrected chi connectivity index (χ0v) is 8.11. The molecule has 0 nitrogen and oxygen atoms in total. The second kappa shape index (κ2) is 4.76. The van der Waals surface area contributed by atoms with Crippen LogP contribution in [0.25, 0.3) is 0 Å². The number of rotatable bonds is 3. The third-order valence-corrected chi connectivity index (χ3v) is 2.09. The van der Waals surface area contributed by atoms with Gasteiger partial charge in [-0.15, -0.1) is 6.42 Å². The molecule has 1 aromatic rings. The van der Waals surface area contributed by atoms with Gasteiger partial charge in [-0.25, -0.2) is 8.78 Å². The van der Waals surface area contributed by atoms with Gasteiger partial charge in [-0.1, -0.05) is 19.3 Å². The summed E-state index contributed by atoms with van der Waals surface area (Å²) in [6.45, 7) is 1.98. The maximum absolute atomic E-state index is 13.3. The minimum atomic E-state index is -0.536. The molecule has 0 unspecified atom stereocenters. The van der Waals surface area contributed by atoms with Crippen molar-refractivity contribution in [1.29, 1.82) is 0 Å². The van der Waals surface area contributed by atoms with Crippen LogP contribution in [0.5, 0.6) is 0 Å². The number of hydrogen-bond donors (Lipinski definition) is 0. The summed E-state index contributed by atoms with van der Waals surface area (Å²) in [5.41, 5.74) is 0.395. The Morgan fingerprint density at radius 3 is 2.29 bits per heavy atom. The molecule has 0 fully saturated rings. The lowest BCUT2D eigenvalue weighted by molar-refractivity contribution is 0.548. The fraction of sp³-hybridized carbons (Fsp3) is 0.333. The zero-order chi connectivity index (χ0) is 10.6. The summed E-state index contributed by atoms with van der Waals surface area (Å²) in [6.07, 6.45) is 7.18. The maximum atomic E-state index is 13.3.